The number of amidine groups is 2. The zero-order chi connectivity index (χ0) is 32.3. The molecule has 5 aromatic carbocycles. The number of nitrogens with one attached hydrogen (secondary N) is 1. The van der Waals surface area contributed by atoms with Gasteiger partial charge in [-0.2, -0.15) is 0 Å². The highest BCUT2D eigenvalue weighted by Gasteiger charge is 2.27. The molecule has 0 saturated heterocycles. The number of rotatable bonds is 4. The molecular weight excluding hydrogens is 586 g/mol. The van der Waals surface area contributed by atoms with Crippen LogP contribution in [0.25, 0.3) is 55.0 Å². The maximum absolute atomic E-state index is 10.6. The van der Waals surface area contributed by atoms with Gasteiger partial charge < -0.3 is 34.4 Å². The van der Waals surface area contributed by atoms with E-state index in [4.69, 9.17) is 14.2 Å². The Morgan fingerprint density at radius 3 is 2.02 bits per heavy atom. The van der Waals surface area contributed by atoms with Crippen molar-refractivity contribution in [1.29, 1.82) is 5.41 Å². The van der Waals surface area contributed by atoms with Crippen LogP contribution in [0.1, 0.15) is 18.1 Å². The number of furan rings is 2. The summed E-state index contributed by atoms with van der Waals surface area (Å²) in [6.07, 6.45) is 1.27. The van der Waals surface area contributed by atoms with Crippen molar-refractivity contribution in [2.75, 3.05) is 0 Å². The molecule has 226 valence electrons. The Morgan fingerprint density at radius 2 is 1.30 bits per heavy atom. The molecule has 0 amide bonds. The van der Waals surface area contributed by atoms with Gasteiger partial charge in [0, 0.05) is 33.3 Å². The van der Waals surface area contributed by atoms with Crippen molar-refractivity contribution in [1.82, 2.24) is 0 Å². The molecule has 0 saturated carbocycles. The van der Waals surface area contributed by atoms with E-state index in [2.05, 4.69) is 16.6 Å². The first kappa shape index (κ1) is 28.2. The maximum atomic E-state index is 10.6. The maximum Gasteiger partial charge on any atom is 0.208 e. The van der Waals surface area contributed by atoms with Crippen molar-refractivity contribution in [3.05, 3.63) is 102 Å². The van der Waals surface area contributed by atoms with Crippen LogP contribution in [0, 0.1) is 5.41 Å². The van der Waals surface area contributed by atoms with Gasteiger partial charge in [-0.15, -0.1) is 0 Å². The third kappa shape index (κ3) is 4.39. The quantitative estimate of drug-likeness (QED) is 0.0504. The molecule has 0 fully saturated rings. The summed E-state index contributed by atoms with van der Waals surface area (Å²) in [4.78, 5) is 8.44. The van der Waals surface area contributed by atoms with E-state index >= 15 is 0 Å². The van der Waals surface area contributed by atoms with Crippen molar-refractivity contribution >= 4 is 61.8 Å². The molecule has 0 bridgehead atoms. The first-order valence-electron chi connectivity index (χ1n) is 14.1. The molecule has 6 N–H and O–H groups in total. The van der Waals surface area contributed by atoms with Crippen molar-refractivity contribution < 1.29 is 34.4 Å². The van der Waals surface area contributed by atoms with E-state index in [0.29, 0.717) is 33.1 Å². The summed E-state index contributed by atoms with van der Waals surface area (Å²) in [7, 11) is 0. The Labute approximate surface area is 260 Å². The molecule has 10 heteroatoms. The molecule has 7 aromatic rings. The number of hydrogen-bond acceptors (Lipinski definition) is 8. The molecule has 0 aliphatic heterocycles. The highest BCUT2D eigenvalue weighted by atomic mass is 16.4. The summed E-state index contributed by atoms with van der Waals surface area (Å²) in [6, 6.07) is 24.7. The number of nitrogens with zero attached hydrogens (tertiary/aromatic N) is 2. The van der Waals surface area contributed by atoms with Crippen LogP contribution in [0.5, 0.6) is 28.7 Å². The number of fused-ring (bicyclic) bond motifs is 6. The minimum Gasteiger partial charge on any atom is -0.504 e. The monoisotopic (exact) mass is 611 g/mol. The molecule has 0 atom stereocenters. The van der Waals surface area contributed by atoms with E-state index in [1.54, 1.807) is 25.1 Å². The molecule has 7 rings (SSSR count). The second-order valence-corrected chi connectivity index (χ2v) is 10.8. The SMILES string of the molecule is C=C(C)C=NC(=NC(=N)c1cccc2oc3ccc(-c4cccc5oc6ccccc6c45)cc3c12)c1c(O)c(O)c(O)c(O)c1O. The normalized spacial score (nSPS) is 12.2. The standard InChI is InChI=1S/C36H25N3O7/c1-17(2)16-38-36(29-30(40)32(42)34(44)33(43)31(29)41)39-35(37)21-9-6-12-26-28(21)22-15-18(13-14-24(22)46-26)19-8-5-11-25-27(19)20-7-3-4-10-23(20)45-25/h3-16,37,40-44H,1H2,2H3. The van der Waals surface area contributed by atoms with E-state index in [1.165, 1.54) is 6.21 Å². The second-order valence-electron chi connectivity index (χ2n) is 10.8. The minimum absolute atomic E-state index is 0.332. The third-order valence-corrected chi connectivity index (χ3v) is 7.68. The predicted octanol–water partition coefficient (Wildman–Crippen LogP) is 8.10. The predicted molar refractivity (Wildman–Crippen MR) is 178 cm³/mol. The third-order valence-electron chi connectivity index (χ3n) is 7.68. The lowest BCUT2D eigenvalue weighted by molar-refractivity contribution is 0.327. The van der Waals surface area contributed by atoms with Crippen LogP contribution in [0.2, 0.25) is 0 Å². The fraction of sp³-hybridized carbons (Fsp3) is 0.0278. The van der Waals surface area contributed by atoms with Gasteiger partial charge in [0.15, 0.2) is 23.2 Å². The summed E-state index contributed by atoms with van der Waals surface area (Å²) in [5, 5.41) is 63.7. The molecule has 0 aliphatic carbocycles. The molecule has 2 heterocycles. The average Bonchev–Trinajstić information content (AvgIpc) is 3.63. The molecule has 0 radical (unpaired) electrons. The molecule has 2 aromatic heterocycles. The number of aromatic hydroxyl groups is 5. The highest BCUT2D eigenvalue weighted by molar-refractivity contribution is 6.22. The van der Waals surface area contributed by atoms with E-state index in [-0.39, 0.29) is 5.84 Å². The van der Waals surface area contributed by atoms with Crippen molar-refractivity contribution in [3.8, 4) is 39.9 Å². The fourth-order valence-corrected chi connectivity index (χ4v) is 5.59. The lowest BCUT2D eigenvalue weighted by Gasteiger charge is -2.12. The summed E-state index contributed by atoms with van der Waals surface area (Å²) in [5.41, 5.74) is 4.69. The highest BCUT2D eigenvalue weighted by Crippen LogP contribution is 2.51. The van der Waals surface area contributed by atoms with Crippen LogP contribution in [-0.4, -0.2) is 43.4 Å². The van der Waals surface area contributed by atoms with Gasteiger partial charge >= 0.3 is 0 Å². The average molecular weight is 612 g/mol. The summed E-state index contributed by atoms with van der Waals surface area (Å²) < 4.78 is 12.2. The number of allylic oxidation sites excluding steroid dienone is 1. The van der Waals surface area contributed by atoms with Gasteiger partial charge in [-0.05, 0) is 54.0 Å². The molecule has 10 nitrogen and oxygen atoms in total. The zero-order valence-corrected chi connectivity index (χ0v) is 24.2. The number of phenols is 5. The van der Waals surface area contributed by atoms with E-state index in [9.17, 15) is 25.5 Å². The Balaban J connectivity index is 1.43. The van der Waals surface area contributed by atoms with Crippen LogP contribution in [0.3, 0.4) is 0 Å². The van der Waals surface area contributed by atoms with Crippen LogP contribution >= 0.6 is 0 Å². The lowest BCUT2D eigenvalue weighted by Crippen LogP contribution is -2.06. The zero-order valence-electron chi connectivity index (χ0n) is 24.2. The van der Waals surface area contributed by atoms with Crippen LogP contribution < -0.4 is 0 Å². The smallest absolute Gasteiger partial charge is 0.208 e. The van der Waals surface area contributed by atoms with Crippen molar-refractivity contribution in [2.45, 2.75) is 6.92 Å². The molecule has 0 aliphatic rings. The number of phenolic OH excluding ortho intramolecular Hbond substituents is 5. The molecule has 0 spiro atoms. The Kier molecular flexibility index (Phi) is 6.48. The van der Waals surface area contributed by atoms with E-state index < -0.39 is 40.1 Å². The van der Waals surface area contributed by atoms with Crippen molar-refractivity contribution in [2.24, 2.45) is 9.98 Å². The lowest BCUT2D eigenvalue weighted by atomic mass is 9.97. The van der Waals surface area contributed by atoms with Crippen LogP contribution in [0.15, 0.2) is 110 Å². The Morgan fingerprint density at radius 1 is 0.696 bits per heavy atom. The van der Waals surface area contributed by atoms with Crippen molar-refractivity contribution in [3.63, 3.8) is 0 Å². The van der Waals surface area contributed by atoms with Gasteiger partial charge in [-0.1, -0.05) is 55.1 Å². The van der Waals surface area contributed by atoms with Gasteiger partial charge in [0.2, 0.25) is 17.2 Å². The summed E-state index contributed by atoms with van der Waals surface area (Å²) in [5.74, 6) is -6.05. The fourth-order valence-electron chi connectivity index (χ4n) is 5.59. The first-order chi connectivity index (χ1) is 22.1. The van der Waals surface area contributed by atoms with E-state index in [1.807, 2.05) is 60.7 Å². The summed E-state index contributed by atoms with van der Waals surface area (Å²) in [6.45, 7) is 5.39. The number of aliphatic imine (C=N–C) groups is 2. The number of hydrogen-bond donors (Lipinski definition) is 6. The van der Waals surface area contributed by atoms with Crippen LogP contribution in [0.4, 0.5) is 0 Å². The summed E-state index contributed by atoms with van der Waals surface area (Å²) >= 11 is 0. The second kappa shape index (κ2) is 10.6. The number of benzene rings is 5. The molecular formula is C36H25N3O7. The van der Waals surface area contributed by atoms with E-state index in [0.717, 1.165) is 33.1 Å². The number of para-hydroxylation sites is 1. The van der Waals surface area contributed by atoms with Gasteiger partial charge in [0.05, 0.1) is 0 Å². The Bertz CT molecular complexity index is 2450. The minimum atomic E-state index is -1.12. The molecule has 0 unspecified atom stereocenters. The first-order valence-corrected chi connectivity index (χ1v) is 14.1. The topological polar surface area (TPSA) is 176 Å². The van der Waals surface area contributed by atoms with Crippen LogP contribution in [-0.2, 0) is 0 Å². The van der Waals surface area contributed by atoms with Gasteiger partial charge in [-0.3, -0.25) is 5.41 Å². The van der Waals surface area contributed by atoms with Gasteiger partial charge in [-0.25, -0.2) is 9.98 Å². The van der Waals surface area contributed by atoms with Gasteiger partial charge in [0.1, 0.15) is 27.9 Å². The van der Waals surface area contributed by atoms with Gasteiger partial charge in [0.25, 0.3) is 0 Å². The Hall–Kier alpha value is -6.55. The molecule has 46 heavy (non-hydrogen) atoms. The largest absolute Gasteiger partial charge is 0.504 e.